The van der Waals surface area contributed by atoms with Crippen LogP contribution in [-0.4, -0.2) is 28.7 Å². The minimum atomic E-state index is -0.522. The van der Waals surface area contributed by atoms with Gasteiger partial charge in [0.1, 0.15) is 0 Å². The molecule has 4 rings (SSSR count). The molecule has 0 fully saturated rings. The maximum atomic E-state index is 13.3. The fraction of sp³-hybridized carbons (Fsp3) is 0.136. The molecule has 2 atom stereocenters. The fourth-order valence-corrected chi connectivity index (χ4v) is 3.68. The molecule has 5 heteroatoms. The van der Waals surface area contributed by atoms with E-state index in [1.165, 1.54) is 0 Å². The zero-order chi connectivity index (χ0) is 18.8. The minimum absolute atomic E-state index is 0.0788. The highest BCUT2D eigenvalue weighted by Crippen LogP contribution is 2.42. The molecule has 0 saturated heterocycles. The van der Waals surface area contributed by atoms with Gasteiger partial charge >= 0.3 is 0 Å². The van der Waals surface area contributed by atoms with Gasteiger partial charge in [-0.25, -0.2) is 0 Å². The van der Waals surface area contributed by atoms with E-state index in [9.17, 15) is 9.59 Å². The number of fused-ring (bicyclic) bond motifs is 1. The molecule has 2 aromatic carbocycles. The van der Waals surface area contributed by atoms with Crippen LogP contribution in [0.25, 0.3) is 0 Å². The van der Waals surface area contributed by atoms with Crippen LogP contribution in [0.5, 0.6) is 0 Å². The molecular weight excluding hydrogens is 338 g/mol. The Bertz CT molecular complexity index is 973. The Hall–Kier alpha value is -3.47. The van der Waals surface area contributed by atoms with Gasteiger partial charge in [-0.15, -0.1) is 0 Å². The lowest BCUT2D eigenvalue weighted by molar-refractivity contribution is -0.119. The molecule has 1 aliphatic heterocycles. The van der Waals surface area contributed by atoms with Crippen molar-refractivity contribution in [2.75, 3.05) is 12.4 Å². The Kier molecular flexibility index (Phi) is 4.42. The van der Waals surface area contributed by atoms with E-state index in [1.807, 2.05) is 48.5 Å². The summed E-state index contributed by atoms with van der Waals surface area (Å²) in [7, 11) is 1.75. The van der Waals surface area contributed by atoms with Gasteiger partial charge in [-0.1, -0.05) is 48.5 Å². The molecule has 0 unspecified atom stereocenters. The number of rotatable bonds is 3. The van der Waals surface area contributed by atoms with Crippen molar-refractivity contribution < 1.29 is 9.59 Å². The maximum absolute atomic E-state index is 13.3. The first-order valence-electron chi connectivity index (χ1n) is 8.79. The van der Waals surface area contributed by atoms with Crippen molar-refractivity contribution >= 4 is 17.5 Å². The van der Waals surface area contributed by atoms with Crippen molar-refractivity contribution in [1.29, 1.82) is 0 Å². The third-order valence-electron chi connectivity index (χ3n) is 4.93. The van der Waals surface area contributed by atoms with Gasteiger partial charge < -0.3 is 10.2 Å². The topological polar surface area (TPSA) is 62.3 Å². The quantitative estimate of drug-likeness (QED) is 0.779. The highest BCUT2D eigenvalue weighted by atomic mass is 16.2. The number of aromatic nitrogens is 1. The van der Waals surface area contributed by atoms with E-state index >= 15 is 0 Å². The number of anilines is 1. The molecule has 0 radical (unpaired) electrons. The van der Waals surface area contributed by atoms with E-state index in [0.29, 0.717) is 11.3 Å². The molecule has 3 aromatic rings. The number of carbonyl (C=O) groups is 2. The Labute approximate surface area is 157 Å². The average Bonchev–Trinajstić information content (AvgIpc) is 2.72. The SMILES string of the molecule is CN1C(=O)c2ccccc2[C@@H](C(=O)Nc2cccnc2)[C@@H]1c1ccccc1. The van der Waals surface area contributed by atoms with Crippen LogP contribution in [0.1, 0.15) is 33.4 Å². The average molecular weight is 357 g/mol. The summed E-state index contributed by atoms with van der Waals surface area (Å²) in [6, 6.07) is 20.2. The summed E-state index contributed by atoms with van der Waals surface area (Å²) in [6.07, 6.45) is 3.27. The lowest BCUT2D eigenvalue weighted by Gasteiger charge is -2.39. The first-order chi connectivity index (χ1) is 13.2. The number of amides is 2. The molecule has 0 spiro atoms. The van der Waals surface area contributed by atoms with Gasteiger partial charge in [0.05, 0.1) is 23.8 Å². The molecule has 0 saturated carbocycles. The van der Waals surface area contributed by atoms with Gasteiger partial charge in [-0.3, -0.25) is 14.6 Å². The summed E-state index contributed by atoms with van der Waals surface area (Å²) in [5.41, 5.74) is 2.87. The summed E-state index contributed by atoms with van der Waals surface area (Å²) in [6.45, 7) is 0. The van der Waals surface area contributed by atoms with Crippen LogP contribution >= 0.6 is 0 Å². The van der Waals surface area contributed by atoms with Gasteiger partial charge in [-0.05, 0) is 29.3 Å². The highest BCUT2D eigenvalue weighted by Gasteiger charge is 2.42. The Morgan fingerprint density at radius 3 is 2.48 bits per heavy atom. The van der Waals surface area contributed by atoms with E-state index < -0.39 is 5.92 Å². The second-order valence-corrected chi connectivity index (χ2v) is 6.57. The Morgan fingerprint density at radius 2 is 1.74 bits per heavy atom. The van der Waals surface area contributed by atoms with Crippen LogP contribution in [0.4, 0.5) is 5.69 Å². The van der Waals surface area contributed by atoms with Crippen LogP contribution in [0, 0.1) is 0 Å². The largest absolute Gasteiger partial charge is 0.334 e. The molecule has 134 valence electrons. The van der Waals surface area contributed by atoms with Gasteiger partial charge in [0.2, 0.25) is 5.91 Å². The molecule has 0 aliphatic carbocycles. The summed E-state index contributed by atoms with van der Waals surface area (Å²) in [4.78, 5) is 31.9. The summed E-state index contributed by atoms with van der Waals surface area (Å²) in [5.74, 6) is -0.764. The van der Waals surface area contributed by atoms with Crippen molar-refractivity contribution in [1.82, 2.24) is 9.88 Å². The molecule has 2 heterocycles. The van der Waals surface area contributed by atoms with Gasteiger partial charge in [0.15, 0.2) is 0 Å². The summed E-state index contributed by atoms with van der Waals surface area (Å²) >= 11 is 0. The van der Waals surface area contributed by atoms with Crippen LogP contribution in [0.15, 0.2) is 79.1 Å². The van der Waals surface area contributed by atoms with E-state index in [0.717, 1.165) is 11.1 Å². The number of hydrogen-bond acceptors (Lipinski definition) is 3. The number of nitrogens with one attached hydrogen (secondary N) is 1. The number of nitrogens with zero attached hydrogens (tertiary/aromatic N) is 2. The molecule has 1 N–H and O–H groups in total. The summed E-state index contributed by atoms with van der Waals surface area (Å²) < 4.78 is 0. The monoisotopic (exact) mass is 357 g/mol. The van der Waals surface area contributed by atoms with E-state index in [1.54, 1.807) is 42.5 Å². The zero-order valence-corrected chi connectivity index (χ0v) is 14.9. The van der Waals surface area contributed by atoms with E-state index in [-0.39, 0.29) is 17.9 Å². The van der Waals surface area contributed by atoms with Gasteiger partial charge in [0.25, 0.3) is 5.91 Å². The molecule has 1 aromatic heterocycles. The van der Waals surface area contributed by atoms with E-state index in [2.05, 4.69) is 10.3 Å². The molecule has 1 aliphatic rings. The first-order valence-corrected chi connectivity index (χ1v) is 8.79. The van der Waals surface area contributed by atoms with Crippen molar-refractivity contribution in [3.8, 4) is 0 Å². The minimum Gasteiger partial charge on any atom is -0.334 e. The number of pyridine rings is 1. The van der Waals surface area contributed by atoms with Crippen molar-refractivity contribution in [3.63, 3.8) is 0 Å². The molecule has 5 nitrogen and oxygen atoms in total. The van der Waals surface area contributed by atoms with Crippen molar-refractivity contribution in [2.45, 2.75) is 12.0 Å². The lowest BCUT2D eigenvalue weighted by atomic mass is 9.79. The third kappa shape index (κ3) is 3.08. The maximum Gasteiger partial charge on any atom is 0.254 e. The highest BCUT2D eigenvalue weighted by molar-refractivity contribution is 6.04. The number of likely N-dealkylation sites (N-methyl/N-ethyl adjacent to an activating group) is 1. The van der Waals surface area contributed by atoms with Crippen LogP contribution in [0.3, 0.4) is 0 Å². The number of benzene rings is 2. The fourth-order valence-electron chi connectivity index (χ4n) is 3.68. The van der Waals surface area contributed by atoms with Gasteiger partial charge in [0, 0.05) is 18.8 Å². The molecule has 2 amide bonds. The second-order valence-electron chi connectivity index (χ2n) is 6.57. The normalized spacial score (nSPS) is 18.7. The second kappa shape index (κ2) is 7.03. The van der Waals surface area contributed by atoms with Crippen molar-refractivity contribution in [2.24, 2.45) is 0 Å². The van der Waals surface area contributed by atoms with Gasteiger partial charge in [-0.2, -0.15) is 0 Å². The van der Waals surface area contributed by atoms with Crippen LogP contribution < -0.4 is 5.32 Å². The number of carbonyl (C=O) groups excluding carboxylic acids is 2. The standard InChI is InChI=1S/C22H19N3O2/c1-25-20(15-8-3-2-4-9-15)19(17-11-5-6-12-18(17)22(25)27)21(26)24-16-10-7-13-23-14-16/h2-14,19-20H,1H3,(H,24,26)/t19-,20+/m1/s1. The first kappa shape index (κ1) is 17.0. The van der Waals surface area contributed by atoms with E-state index in [4.69, 9.17) is 0 Å². The molecule has 27 heavy (non-hydrogen) atoms. The molecular formula is C22H19N3O2. The number of hydrogen-bond donors (Lipinski definition) is 1. The Morgan fingerprint density at radius 1 is 1.00 bits per heavy atom. The van der Waals surface area contributed by atoms with Crippen LogP contribution in [-0.2, 0) is 4.79 Å². The third-order valence-corrected chi connectivity index (χ3v) is 4.93. The van der Waals surface area contributed by atoms with Crippen molar-refractivity contribution in [3.05, 3.63) is 95.8 Å². The van der Waals surface area contributed by atoms with Crippen LogP contribution in [0.2, 0.25) is 0 Å². The summed E-state index contributed by atoms with van der Waals surface area (Å²) in [5, 5.41) is 2.95. The Balaban J connectivity index is 1.81. The smallest absolute Gasteiger partial charge is 0.254 e. The predicted octanol–water partition coefficient (Wildman–Crippen LogP) is 3.63. The predicted molar refractivity (Wildman–Crippen MR) is 103 cm³/mol. The molecule has 0 bridgehead atoms. The lowest BCUT2D eigenvalue weighted by Crippen LogP contribution is -2.44. The zero-order valence-electron chi connectivity index (χ0n) is 14.9.